The van der Waals surface area contributed by atoms with Crippen LogP contribution in [0.25, 0.3) is 0 Å². The molecule has 0 atom stereocenters. The number of carbonyl (C=O) groups excluding carboxylic acids is 2. The summed E-state index contributed by atoms with van der Waals surface area (Å²) in [4.78, 5) is 23.4. The van der Waals surface area contributed by atoms with Crippen molar-refractivity contribution in [2.75, 3.05) is 6.61 Å². The van der Waals surface area contributed by atoms with Crippen LogP contribution in [0.5, 0.6) is 5.75 Å². The number of nitrogens with one attached hydrogen (secondary N) is 2. The largest absolute Gasteiger partial charge is 0.484 e. The zero-order valence-electron chi connectivity index (χ0n) is 11.9. The molecular formula is C16H15ClN2O3. The van der Waals surface area contributed by atoms with Gasteiger partial charge in [-0.15, -0.1) is 0 Å². The second kappa shape index (κ2) is 7.47. The fourth-order valence-corrected chi connectivity index (χ4v) is 1.91. The SMILES string of the molecule is Cc1cccc(OCC(=O)NNC(=O)c2cccc(Cl)c2)c1. The van der Waals surface area contributed by atoms with Crippen LogP contribution in [-0.4, -0.2) is 18.4 Å². The highest BCUT2D eigenvalue weighted by atomic mass is 35.5. The van der Waals surface area contributed by atoms with Gasteiger partial charge in [0.2, 0.25) is 0 Å². The van der Waals surface area contributed by atoms with Crippen LogP contribution in [0.4, 0.5) is 0 Å². The summed E-state index contributed by atoms with van der Waals surface area (Å²) in [7, 11) is 0. The van der Waals surface area contributed by atoms with Gasteiger partial charge in [0.05, 0.1) is 0 Å². The minimum absolute atomic E-state index is 0.195. The molecule has 114 valence electrons. The zero-order chi connectivity index (χ0) is 15.9. The number of carbonyl (C=O) groups is 2. The lowest BCUT2D eigenvalue weighted by Crippen LogP contribution is -2.43. The lowest BCUT2D eigenvalue weighted by molar-refractivity contribution is -0.123. The maximum atomic E-state index is 11.8. The Kier molecular flexibility index (Phi) is 5.38. The summed E-state index contributed by atoms with van der Waals surface area (Å²) in [6.07, 6.45) is 0. The Morgan fingerprint density at radius 2 is 1.86 bits per heavy atom. The van der Waals surface area contributed by atoms with Crippen LogP contribution in [0.15, 0.2) is 48.5 Å². The van der Waals surface area contributed by atoms with Crippen molar-refractivity contribution in [2.45, 2.75) is 6.92 Å². The molecule has 2 rings (SSSR count). The van der Waals surface area contributed by atoms with Gasteiger partial charge in [0.25, 0.3) is 11.8 Å². The molecule has 2 amide bonds. The summed E-state index contributed by atoms with van der Waals surface area (Å²) in [5.41, 5.74) is 5.96. The Morgan fingerprint density at radius 1 is 1.09 bits per heavy atom. The molecule has 0 spiro atoms. The molecule has 0 saturated carbocycles. The van der Waals surface area contributed by atoms with Gasteiger partial charge in [0, 0.05) is 10.6 Å². The molecular weight excluding hydrogens is 304 g/mol. The molecule has 0 fully saturated rings. The van der Waals surface area contributed by atoms with Gasteiger partial charge in [-0.2, -0.15) is 0 Å². The number of amides is 2. The third-order valence-corrected chi connectivity index (χ3v) is 3.00. The highest BCUT2D eigenvalue weighted by molar-refractivity contribution is 6.30. The number of hydrogen-bond acceptors (Lipinski definition) is 3. The normalized spacial score (nSPS) is 9.91. The lowest BCUT2D eigenvalue weighted by Gasteiger charge is -2.09. The number of rotatable bonds is 4. The third kappa shape index (κ3) is 4.79. The molecule has 0 aromatic heterocycles. The summed E-state index contributed by atoms with van der Waals surface area (Å²) in [6, 6.07) is 13.7. The van der Waals surface area contributed by atoms with Crippen molar-refractivity contribution in [2.24, 2.45) is 0 Å². The van der Waals surface area contributed by atoms with Crippen LogP contribution in [0.3, 0.4) is 0 Å². The zero-order valence-corrected chi connectivity index (χ0v) is 12.7. The Balaban J connectivity index is 1.79. The Hall–Kier alpha value is -2.53. The molecule has 6 heteroatoms. The van der Waals surface area contributed by atoms with Gasteiger partial charge < -0.3 is 4.74 Å². The minimum Gasteiger partial charge on any atom is -0.484 e. The fraction of sp³-hybridized carbons (Fsp3) is 0.125. The Labute approximate surface area is 133 Å². The number of ether oxygens (including phenoxy) is 1. The van der Waals surface area contributed by atoms with E-state index in [9.17, 15) is 9.59 Å². The van der Waals surface area contributed by atoms with Gasteiger partial charge in [0.15, 0.2) is 6.61 Å². The predicted octanol–water partition coefficient (Wildman–Crippen LogP) is 2.49. The molecule has 0 unspecified atom stereocenters. The van der Waals surface area contributed by atoms with E-state index in [1.807, 2.05) is 25.1 Å². The quantitative estimate of drug-likeness (QED) is 0.851. The molecule has 2 N–H and O–H groups in total. The smallest absolute Gasteiger partial charge is 0.276 e. The number of aryl methyl sites for hydroxylation is 1. The van der Waals surface area contributed by atoms with Crippen molar-refractivity contribution in [3.05, 3.63) is 64.7 Å². The highest BCUT2D eigenvalue weighted by Gasteiger charge is 2.08. The second-order valence-electron chi connectivity index (χ2n) is 4.62. The molecule has 2 aromatic carbocycles. The maximum Gasteiger partial charge on any atom is 0.276 e. The Morgan fingerprint density at radius 3 is 2.59 bits per heavy atom. The first-order valence-corrected chi connectivity index (χ1v) is 6.96. The van der Waals surface area contributed by atoms with E-state index in [0.717, 1.165) is 5.56 Å². The fourth-order valence-electron chi connectivity index (χ4n) is 1.72. The van der Waals surface area contributed by atoms with E-state index in [1.165, 1.54) is 6.07 Å². The van der Waals surface area contributed by atoms with E-state index in [4.69, 9.17) is 16.3 Å². The van der Waals surface area contributed by atoms with E-state index in [0.29, 0.717) is 16.3 Å². The molecule has 22 heavy (non-hydrogen) atoms. The Bertz CT molecular complexity index is 689. The van der Waals surface area contributed by atoms with E-state index < -0.39 is 11.8 Å². The van der Waals surface area contributed by atoms with E-state index in [1.54, 1.807) is 24.3 Å². The maximum absolute atomic E-state index is 11.8. The average Bonchev–Trinajstić information content (AvgIpc) is 2.50. The van der Waals surface area contributed by atoms with E-state index in [2.05, 4.69) is 10.9 Å². The summed E-state index contributed by atoms with van der Waals surface area (Å²) >= 11 is 5.79. The van der Waals surface area contributed by atoms with Crippen molar-refractivity contribution < 1.29 is 14.3 Å². The van der Waals surface area contributed by atoms with Crippen LogP contribution in [-0.2, 0) is 4.79 Å². The van der Waals surface area contributed by atoms with Gasteiger partial charge in [-0.25, -0.2) is 0 Å². The molecule has 0 saturated heterocycles. The number of hydrogen-bond donors (Lipinski definition) is 2. The molecule has 0 aliphatic carbocycles. The summed E-state index contributed by atoms with van der Waals surface area (Å²) in [5, 5.41) is 0.446. The molecule has 2 aromatic rings. The first-order valence-electron chi connectivity index (χ1n) is 6.59. The van der Waals surface area contributed by atoms with Crippen molar-refractivity contribution in [1.82, 2.24) is 10.9 Å². The van der Waals surface area contributed by atoms with Crippen molar-refractivity contribution >= 4 is 23.4 Å². The molecule has 0 aliphatic heterocycles. The van der Waals surface area contributed by atoms with Gasteiger partial charge >= 0.3 is 0 Å². The molecule has 0 aliphatic rings. The highest BCUT2D eigenvalue weighted by Crippen LogP contribution is 2.12. The predicted molar refractivity (Wildman–Crippen MR) is 83.7 cm³/mol. The van der Waals surface area contributed by atoms with Gasteiger partial charge in [-0.3, -0.25) is 20.4 Å². The minimum atomic E-state index is -0.461. The standard InChI is InChI=1S/C16H15ClN2O3/c1-11-4-2-7-14(8-11)22-10-15(20)18-19-16(21)12-5-3-6-13(17)9-12/h2-9H,10H2,1H3,(H,18,20)(H,19,21). The van der Waals surface area contributed by atoms with E-state index in [-0.39, 0.29) is 6.61 Å². The van der Waals surface area contributed by atoms with Crippen LogP contribution in [0, 0.1) is 6.92 Å². The van der Waals surface area contributed by atoms with Crippen molar-refractivity contribution in [1.29, 1.82) is 0 Å². The first kappa shape index (κ1) is 15.9. The molecule has 0 heterocycles. The molecule has 0 bridgehead atoms. The monoisotopic (exact) mass is 318 g/mol. The van der Waals surface area contributed by atoms with Crippen molar-refractivity contribution in [3.63, 3.8) is 0 Å². The number of halogens is 1. The van der Waals surface area contributed by atoms with Crippen molar-refractivity contribution in [3.8, 4) is 5.75 Å². The molecule has 0 radical (unpaired) electrons. The summed E-state index contributed by atoms with van der Waals surface area (Å²) in [5.74, 6) is -0.320. The third-order valence-electron chi connectivity index (χ3n) is 2.76. The number of hydrazine groups is 1. The van der Waals surface area contributed by atoms with Gasteiger partial charge in [0.1, 0.15) is 5.75 Å². The number of benzene rings is 2. The van der Waals surface area contributed by atoms with Crippen LogP contribution in [0.1, 0.15) is 15.9 Å². The topological polar surface area (TPSA) is 67.4 Å². The second-order valence-corrected chi connectivity index (χ2v) is 5.05. The summed E-state index contributed by atoms with van der Waals surface area (Å²) < 4.78 is 5.32. The lowest BCUT2D eigenvalue weighted by atomic mass is 10.2. The van der Waals surface area contributed by atoms with Crippen LogP contribution in [0.2, 0.25) is 5.02 Å². The van der Waals surface area contributed by atoms with Crippen LogP contribution >= 0.6 is 11.6 Å². The molecule has 5 nitrogen and oxygen atoms in total. The van der Waals surface area contributed by atoms with Gasteiger partial charge in [-0.1, -0.05) is 29.8 Å². The average molecular weight is 319 g/mol. The summed E-state index contributed by atoms with van der Waals surface area (Å²) in [6.45, 7) is 1.73. The van der Waals surface area contributed by atoms with E-state index >= 15 is 0 Å². The van der Waals surface area contributed by atoms with Gasteiger partial charge in [-0.05, 0) is 42.8 Å². The van der Waals surface area contributed by atoms with Crippen LogP contribution < -0.4 is 15.6 Å². The first-order chi connectivity index (χ1) is 10.5.